The van der Waals surface area contributed by atoms with Gasteiger partial charge in [-0.25, -0.2) is 9.69 Å². The van der Waals surface area contributed by atoms with E-state index in [4.69, 9.17) is 4.74 Å². The third-order valence-electron chi connectivity index (χ3n) is 3.62. The summed E-state index contributed by atoms with van der Waals surface area (Å²) in [7, 11) is 0. The van der Waals surface area contributed by atoms with Gasteiger partial charge >= 0.3 is 6.09 Å². The highest BCUT2D eigenvalue weighted by Crippen LogP contribution is 2.21. The standard InChI is InChI=1S/C10H17NO3.C10H12.C2H6/c1-7-5-6-8(12)11(7)9(13)14-10(2,3)4;1-9(2)10-7-5-3-4-6-8-10;1-2/h7H,5-6H2,1-4H3;3-7H,1,8H2,2H3;1-2H3. The van der Waals surface area contributed by atoms with E-state index in [9.17, 15) is 9.59 Å². The minimum Gasteiger partial charge on any atom is -0.443 e. The number of amides is 2. The van der Waals surface area contributed by atoms with Crippen molar-refractivity contribution in [2.24, 2.45) is 0 Å². The molecule has 0 aromatic carbocycles. The van der Waals surface area contributed by atoms with Gasteiger partial charge < -0.3 is 4.74 Å². The van der Waals surface area contributed by atoms with Gasteiger partial charge in [0, 0.05) is 12.5 Å². The van der Waals surface area contributed by atoms with Crippen LogP contribution in [0.15, 0.2) is 48.1 Å². The number of hydrogen-bond donors (Lipinski definition) is 0. The van der Waals surface area contributed by atoms with Crippen molar-refractivity contribution in [3.8, 4) is 0 Å². The van der Waals surface area contributed by atoms with Crippen LogP contribution in [0.5, 0.6) is 0 Å². The maximum atomic E-state index is 11.6. The second-order valence-electron chi connectivity index (χ2n) is 7.12. The molecule has 1 aliphatic heterocycles. The van der Waals surface area contributed by atoms with Gasteiger partial charge in [0.25, 0.3) is 0 Å². The van der Waals surface area contributed by atoms with Gasteiger partial charge in [-0.05, 0) is 53.0 Å². The number of carbonyl (C=O) groups excluding carboxylic acids is 2. The van der Waals surface area contributed by atoms with E-state index in [2.05, 4.69) is 24.8 Å². The molecule has 0 saturated carbocycles. The van der Waals surface area contributed by atoms with E-state index < -0.39 is 11.7 Å². The Morgan fingerprint density at radius 3 is 2.31 bits per heavy atom. The van der Waals surface area contributed by atoms with Crippen LogP contribution in [-0.4, -0.2) is 28.5 Å². The molecule has 0 spiro atoms. The van der Waals surface area contributed by atoms with Gasteiger partial charge in [-0.2, -0.15) is 0 Å². The Morgan fingerprint density at radius 2 is 1.85 bits per heavy atom. The van der Waals surface area contributed by atoms with Crippen LogP contribution >= 0.6 is 0 Å². The van der Waals surface area contributed by atoms with Crippen LogP contribution in [0, 0.1) is 0 Å². The van der Waals surface area contributed by atoms with Crippen molar-refractivity contribution < 1.29 is 14.3 Å². The van der Waals surface area contributed by atoms with Crippen molar-refractivity contribution in [2.45, 2.75) is 79.4 Å². The van der Waals surface area contributed by atoms with Gasteiger partial charge in [-0.15, -0.1) is 0 Å². The van der Waals surface area contributed by atoms with Gasteiger partial charge in [0.15, 0.2) is 0 Å². The third-order valence-corrected chi connectivity index (χ3v) is 3.62. The van der Waals surface area contributed by atoms with E-state index in [0.29, 0.717) is 6.42 Å². The number of imide groups is 1. The summed E-state index contributed by atoms with van der Waals surface area (Å²) >= 11 is 0. The first kappa shape index (κ1) is 23.9. The molecule has 0 bridgehead atoms. The molecule has 1 fully saturated rings. The van der Waals surface area contributed by atoms with E-state index in [1.54, 1.807) is 20.8 Å². The Hall–Kier alpha value is -2.10. The zero-order valence-corrected chi connectivity index (χ0v) is 17.5. The molecule has 1 saturated heterocycles. The smallest absolute Gasteiger partial charge is 0.417 e. The molecule has 4 nitrogen and oxygen atoms in total. The molecule has 4 heteroatoms. The Balaban J connectivity index is 0.000000458. The second kappa shape index (κ2) is 11.5. The maximum Gasteiger partial charge on any atom is 0.417 e. The van der Waals surface area contributed by atoms with Crippen molar-refractivity contribution in [1.82, 2.24) is 4.90 Å². The summed E-state index contributed by atoms with van der Waals surface area (Å²) in [6.45, 7) is 17.1. The van der Waals surface area contributed by atoms with Crippen LogP contribution < -0.4 is 0 Å². The summed E-state index contributed by atoms with van der Waals surface area (Å²) in [5.74, 6) is -0.133. The molecule has 26 heavy (non-hydrogen) atoms. The number of rotatable bonds is 1. The Morgan fingerprint density at radius 1 is 1.23 bits per heavy atom. The number of allylic oxidation sites excluding steroid dienone is 7. The van der Waals surface area contributed by atoms with Crippen molar-refractivity contribution in [1.29, 1.82) is 0 Å². The lowest BCUT2D eigenvalue weighted by atomic mass is 10.1. The molecule has 0 radical (unpaired) electrons. The van der Waals surface area contributed by atoms with Crippen molar-refractivity contribution >= 4 is 12.0 Å². The summed E-state index contributed by atoms with van der Waals surface area (Å²) < 4.78 is 5.13. The highest BCUT2D eigenvalue weighted by Gasteiger charge is 2.35. The van der Waals surface area contributed by atoms with Gasteiger partial charge in [0.1, 0.15) is 5.60 Å². The van der Waals surface area contributed by atoms with E-state index in [-0.39, 0.29) is 11.9 Å². The first-order chi connectivity index (χ1) is 12.1. The topological polar surface area (TPSA) is 46.6 Å². The number of ether oxygens (including phenoxy) is 1. The molecule has 0 N–H and O–H groups in total. The predicted molar refractivity (Wildman–Crippen MR) is 109 cm³/mol. The summed E-state index contributed by atoms with van der Waals surface area (Å²) in [6.07, 6.45) is 12.1. The largest absolute Gasteiger partial charge is 0.443 e. The molecule has 1 unspecified atom stereocenters. The lowest BCUT2D eigenvalue weighted by Gasteiger charge is -2.25. The fraction of sp³-hybridized carbons (Fsp3) is 0.545. The molecular formula is C22H35NO3. The van der Waals surface area contributed by atoms with Crippen molar-refractivity contribution in [2.75, 3.05) is 0 Å². The lowest BCUT2D eigenvalue weighted by Crippen LogP contribution is -2.41. The monoisotopic (exact) mass is 361 g/mol. The van der Waals surface area contributed by atoms with Gasteiger partial charge in [-0.1, -0.05) is 56.4 Å². The Labute approximate surface area is 159 Å². The molecule has 2 rings (SSSR count). The molecule has 1 aliphatic carbocycles. The lowest BCUT2D eigenvalue weighted by molar-refractivity contribution is -0.127. The zero-order chi connectivity index (χ0) is 20.3. The molecule has 0 aromatic heterocycles. The highest BCUT2D eigenvalue weighted by atomic mass is 16.6. The minimum atomic E-state index is -0.542. The van der Waals surface area contributed by atoms with E-state index >= 15 is 0 Å². The fourth-order valence-electron chi connectivity index (χ4n) is 2.31. The molecular weight excluding hydrogens is 326 g/mol. The van der Waals surface area contributed by atoms with E-state index in [0.717, 1.165) is 18.4 Å². The van der Waals surface area contributed by atoms with Crippen molar-refractivity contribution in [3.63, 3.8) is 0 Å². The fourth-order valence-corrected chi connectivity index (χ4v) is 2.31. The Kier molecular flexibility index (Phi) is 10.6. The van der Waals surface area contributed by atoms with Gasteiger partial charge in [-0.3, -0.25) is 4.79 Å². The number of carbonyl (C=O) groups is 2. The molecule has 0 aromatic rings. The van der Waals surface area contributed by atoms with Crippen LogP contribution in [0.2, 0.25) is 0 Å². The summed E-state index contributed by atoms with van der Waals surface area (Å²) in [6, 6.07) is -0.0302. The SMILES string of the molecule is C=C(C)C1=CC=CC=CC1.CC.CC1CCC(=O)N1C(=O)OC(C)(C)C. The number of nitrogens with zero attached hydrogens (tertiary/aromatic N) is 1. The molecule has 2 aliphatic rings. The second-order valence-corrected chi connectivity index (χ2v) is 7.12. The normalized spacial score (nSPS) is 18.7. The van der Waals surface area contributed by atoms with Gasteiger partial charge in [0.2, 0.25) is 5.91 Å². The number of hydrogen-bond acceptors (Lipinski definition) is 3. The third kappa shape index (κ3) is 8.84. The number of likely N-dealkylation sites (tertiary alicyclic amines) is 1. The van der Waals surface area contributed by atoms with E-state index in [1.165, 1.54) is 10.5 Å². The maximum absolute atomic E-state index is 11.6. The summed E-state index contributed by atoms with van der Waals surface area (Å²) in [5, 5.41) is 0. The first-order valence-corrected chi connectivity index (χ1v) is 9.35. The average molecular weight is 362 g/mol. The average Bonchev–Trinajstić information content (AvgIpc) is 2.76. The summed E-state index contributed by atoms with van der Waals surface area (Å²) in [5.41, 5.74) is 1.95. The minimum absolute atomic E-state index is 0.0302. The van der Waals surface area contributed by atoms with Gasteiger partial charge in [0.05, 0.1) is 0 Å². The summed E-state index contributed by atoms with van der Waals surface area (Å²) in [4.78, 5) is 24.1. The van der Waals surface area contributed by atoms with Crippen LogP contribution in [0.3, 0.4) is 0 Å². The predicted octanol–water partition coefficient (Wildman–Crippen LogP) is 5.96. The van der Waals surface area contributed by atoms with E-state index in [1.807, 2.05) is 39.8 Å². The molecule has 1 atom stereocenters. The zero-order valence-electron chi connectivity index (χ0n) is 17.5. The molecule has 146 valence electrons. The van der Waals surface area contributed by atoms with Crippen LogP contribution in [0.4, 0.5) is 4.79 Å². The van der Waals surface area contributed by atoms with Crippen LogP contribution in [0.1, 0.15) is 67.7 Å². The molecule has 1 heterocycles. The first-order valence-electron chi connectivity index (χ1n) is 9.35. The molecule has 2 amide bonds. The quantitative estimate of drug-likeness (QED) is 0.578. The van der Waals surface area contributed by atoms with Crippen LogP contribution in [-0.2, 0) is 9.53 Å². The Bertz CT molecular complexity index is 577. The van der Waals surface area contributed by atoms with Crippen molar-refractivity contribution in [3.05, 3.63) is 48.1 Å². The van der Waals surface area contributed by atoms with Crippen LogP contribution in [0.25, 0.3) is 0 Å². The highest BCUT2D eigenvalue weighted by molar-refractivity contribution is 5.94.